The standard InChI is InChI=1S/C41H23N3S2/c1-2-12-26-24(10-1)22-23-25-11-7-17-31(36(25)26)39-42-40(32-18-8-15-29-27-13-3-5-20-34(27)45-37(29)32)44-41(43-39)33-19-9-16-30-28-14-4-6-21-35(28)46-38(30)33/h1-23H. The van der Waals surface area contributed by atoms with Crippen molar-refractivity contribution in [1.29, 1.82) is 0 Å². The first-order chi connectivity index (χ1) is 22.8. The Morgan fingerprint density at radius 3 is 1.39 bits per heavy atom. The van der Waals surface area contributed by atoms with E-state index in [1.165, 1.54) is 51.1 Å². The molecule has 0 aliphatic carbocycles. The molecule has 46 heavy (non-hydrogen) atoms. The fourth-order valence-corrected chi connectivity index (χ4v) is 9.25. The van der Waals surface area contributed by atoms with Gasteiger partial charge in [0.25, 0.3) is 0 Å². The second-order valence-electron chi connectivity index (χ2n) is 11.6. The summed E-state index contributed by atoms with van der Waals surface area (Å²) < 4.78 is 4.90. The van der Waals surface area contributed by atoms with Gasteiger partial charge in [0.2, 0.25) is 0 Å². The van der Waals surface area contributed by atoms with E-state index < -0.39 is 0 Å². The summed E-state index contributed by atoms with van der Waals surface area (Å²) in [6.07, 6.45) is 0. The SMILES string of the molecule is c1ccc2c(c1)ccc1cccc(-c3nc(-c4cccc5c4sc4ccccc45)nc(-c4cccc5c4sc4ccccc45)n3)c12. The maximum Gasteiger partial charge on any atom is 0.165 e. The lowest BCUT2D eigenvalue weighted by Gasteiger charge is -2.12. The molecule has 0 bridgehead atoms. The average Bonchev–Trinajstić information content (AvgIpc) is 3.70. The van der Waals surface area contributed by atoms with Crippen LogP contribution in [0, 0.1) is 0 Å². The van der Waals surface area contributed by atoms with Crippen LogP contribution in [-0.4, -0.2) is 15.0 Å². The van der Waals surface area contributed by atoms with Crippen LogP contribution >= 0.6 is 22.7 Å². The lowest BCUT2D eigenvalue weighted by atomic mass is 9.97. The Balaban J connectivity index is 1.31. The first-order valence-corrected chi connectivity index (χ1v) is 16.9. The summed E-state index contributed by atoms with van der Waals surface area (Å²) in [5.74, 6) is 2.05. The summed E-state index contributed by atoms with van der Waals surface area (Å²) in [6.45, 7) is 0. The van der Waals surface area contributed by atoms with Crippen molar-refractivity contribution in [3.63, 3.8) is 0 Å². The summed E-state index contributed by atoms with van der Waals surface area (Å²) in [5, 5.41) is 9.68. The van der Waals surface area contributed by atoms with Gasteiger partial charge < -0.3 is 0 Å². The van der Waals surface area contributed by atoms with Crippen molar-refractivity contribution < 1.29 is 0 Å². The molecule has 0 radical (unpaired) electrons. The van der Waals surface area contributed by atoms with Crippen molar-refractivity contribution in [3.8, 4) is 34.2 Å². The van der Waals surface area contributed by atoms with Crippen LogP contribution in [0.4, 0.5) is 0 Å². The number of hydrogen-bond donors (Lipinski definition) is 0. The van der Waals surface area contributed by atoms with Crippen molar-refractivity contribution in [2.24, 2.45) is 0 Å². The van der Waals surface area contributed by atoms with Gasteiger partial charge in [0.15, 0.2) is 17.5 Å². The maximum atomic E-state index is 5.29. The zero-order valence-electron chi connectivity index (χ0n) is 24.4. The number of nitrogens with zero attached hydrogens (tertiary/aromatic N) is 3. The lowest BCUT2D eigenvalue weighted by molar-refractivity contribution is 1.08. The van der Waals surface area contributed by atoms with E-state index >= 15 is 0 Å². The molecule has 3 heterocycles. The zero-order chi connectivity index (χ0) is 30.2. The Morgan fingerprint density at radius 1 is 0.326 bits per heavy atom. The summed E-state index contributed by atoms with van der Waals surface area (Å²) >= 11 is 3.60. The number of aromatic nitrogens is 3. The second-order valence-corrected chi connectivity index (χ2v) is 13.7. The van der Waals surface area contributed by atoms with Gasteiger partial charge in [0, 0.05) is 62.4 Å². The molecular formula is C41H23N3S2. The summed E-state index contributed by atoms with van der Waals surface area (Å²) in [4.78, 5) is 15.8. The highest BCUT2D eigenvalue weighted by atomic mass is 32.1. The molecule has 0 amide bonds. The number of benzene rings is 7. The smallest absolute Gasteiger partial charge is 0.165 e. The second kappa shape index (κ2) is 10.0. The molecule has 0 aliphatic heterocycles. The first kappa shape index (κ1) is 25.8. The molecule has 0 spiro atoms. The highest BCUT2D eigenvalue weighted by Gasteiger charge is 2.20. The van der Waals surface area contributed by atoms with Crippen LogP contribution in [-0.2, 0) is 0 Å². The molecular weight excluding hydrogens is 599 g/mol. The lowest BCUT2D eigenvalue weighted by Crippen LogP contribution is -2.01. The fraction of sp³-hybridized carbons (Fsp3) is 0. The van der Waals surface area contributed by atoms with Gasteiger partial charge in [-0.3, -0.25) is 0 Å². The summed E-state index contributed by atoms with van der Waals surface area (Å²) in [5.41, 5.74) is 3.06. The van der Waals surface area contributed by atoms with Crippen LogP contribution in [0.2, 0.25) is 0 Å². The Kier molecular flexibility index (Phi) is 5.61. The molecule has 214 valence electrons. The molecule has 0 atom stereocenters. The molecule has 7 aromatic carbocycles. The van der Waals surface area contributed by atoms with Crippen LogP contribution in [0.25, 0.3) is 96.1 Å². The highest BCUT2D eigenvalue weighted by molar-refractivity contribution is 7.26. The number of thiophene rings is 2. The molecule has 0 fully saturated rings. The fourth-order valence-electron chi connectivity index (χ4n) is 6.83. The summed E-state index contributed by atoms with van der Waals surface area (Å²) in [7, 11) is 0. The van der Waals surface area contributed by atoms with Gasteiger partial charge in [0.1, 0.15) is 0 Å². The number of fused-ring (bicyclic) bond motifs is 9. The van der Waals surface area contributed by atoms with E-state index in [1.54, 1.807) is 22.7 Å². The monoisotopic (exact) mass is 621 g/mol. The van der Waals surface area contributed by atoms with Crippen LogP contribution in [0.1, 0.15) is 0 Å². The topological polar surface area (TPSA) is 38.7 Å². The van der Waals surface area contributed by atoms with Crippen molar-refractivity contribution in [2.75, 3.05) is 0 Å². The van der Waals surface area contributed by atoms with Crippen LogP contribution in [0.5, 0.6) is 0 Å². The maximum absolute atomic E-state index is 5.29. The molecule has 0 saturated heterocycles. The minimum absolute atomic E-state index is 0.679. The molecule has 3 aromatic heterocycles. The third-order valence-corrected chi connectivity index (χ3v) is 11.4. The molecule has 3 nitrogen and oxygen atoms in total. The van der Waals surface area contributed by atoms with Gasteiger partial charge in [-0.15, -0.1) is 22.7 Å². The predicted molar refractivity (Wildman–Crippen MR) is 197 cm³/mol. The van der Waals surface area contributed by atoms with E-state index in [0.29, 0.717) is 17.5 Å². The summed E-state index contributed by atoms with van der Waals surface area (Å²) in [6, 6.07) is 49.5. The largest absolute Gasteiger partial charge is 0.208 e. The van der Waals surface area contributed by atoms with Gasteiger partial charge in [-0.05, 0) is 40.4 Å². The number of rotatable bonds is 3. The van der Waals surface area contributed by atoms with E-state index in [0.717, 1.165) is 27.5 Å². The van der Waals surface area contributed by atoms with Crippen LogP contribution < -0.4 is 0 Å². The van der Waals surface area contributed by atoms with Gasteiger partial charge in [-0.1, -0.05) is 115 Å². The van der Waals surface area contributed by atoms with E-state index in [1.807, 2.05) is 0 Å². The van der Waals surface area contributed by atoms with Gasteiger partial charge in [-0.25, -0.2) is 15.0 Å². The van der Waals surface area contributed by atoms with Crippen LogP contribution in [0.3, 0.4) is 0 Å². The van der Waals surface area contributed by atoms with Crippen LogP contribution in [0.15, 0.2) is 140 Å². The van der Waals surface area contributed by atoms with E-state index in [2.05, 4.69) is 140 Å². The Hall–Kier alpha value is -5.49. The molecule has 10 rings (SSSR count). The van der Waals surface area contributed by atoms with Crippen molar-refractivity contribution >= 4 is 84.6 Å². The molecule has 0 unspecified atom stereocenters. The minimum atomic E-state index is 0.679. The Labute approximate surface area is 272 Å². The highest BCUT2D eigenvalue weighted by Crippen LogP contribution is 2.42. The first-order valence-electron chi connectivity index (χ1n) is 15.3. The minimum Gasteiger partial charge on any atom is -0.208 e. The quantitative estimate of drug-likeness (QED) is 0.184. The Bertz CT molecular complexity index is 2700. The number of hydrogen-bond acceptors (Lipinski definition) is 5. The molecule has 5 heteroatoms. The predicted octanol–water partition coefficient (Wildman–Crippen LogP) is 11.9. The van der Waals surface area contributed by atoms with Crippen molar-refractivity contribution in [1.82, 2.24) is 15.0 Å². The van der Waals surface area contributed by atoms with E-state index in [-0.39, 0.29) is 0 Å². The normalized spacial score (nSPS) is 11.9. The van der Waals surface area contributed by atoms with Gasteiger partial charge in [-0.2, -0.15) is 0 Å². The van der Waals surface area contributed by atoms with E-state index in [4.69, 9.17) is 15.0 Å². The molecule has 0 aliphatic rings. The Morgan fingerprint density at radius 2 is 0.761 bits per heavy atom. The molecule has 0 saturated carbocycles. The van der Waals surface area contributed by atoms with E-state index in [9.17, 15) is 0 Å². The average molecular weight is 622 g/mol. The van der Waals surface area contributed by atoms with Gasteiger partial charge >= 0.3 is 0 Å². The third-order valence-electron chi connectivity index (χ3n) is 8.94. The van der Waals surface area contributed by atoms with Crippen molar-refractivity contribution in [3.05, 3.63) is 140 Å². The molecule has 0 N–H and O–H groups in total. The molecule has 10 aromatic rings. The van der Waals surface area contributed by atoms with Gasteiger partial charge in [0.05, 0.1) is 0 Å². The zero-order valence-corrected chi connectivity index (χ0v) is 26.1. The third kappa shape index (κ3) is 3.86. The van der Waals surface area contributed by atoms with Crippen molar-refractivity contribution in [2.45, 2.75) is 0 Å².